The van der Waals surface area contributed by atoms with E-state index in [0.29, 0.717) is 43.0 Å². The predicted molar refractivity (Wildman–Crippen MR) is 129 cm³/mol. The Morgan fingerprint density at radius 3 is 2.64 bits per heavy atom. The molecule has 4 aromatic rings. The fraction of sp³-hybridized carbons (Fsp3) is 0.250. The standard InChI is InChI=1S/C20H21N7O.C4H4O4/c1-26-9-6-15(25-26)12-22-19-11-20(24-18-5-8-23-27(18)19)28-13-14-10-16(14)17-4-2-3-7-21-17;5-3(6)1-2-4(7)8/h2-9,11,14,16,22H,10,12-13H2,1H3;1-2H,(H,5,6)(H,7,8)/b;2-1+/t14-,16+;/m1./s1. The average molecular weight is 492 g/mol. The second-order valence-corrected chi connectivity index (χ2v) is 8.09. The van der Waals surface area contributed by atoms with Crippen molar-refractivity contribution in [2.24, 2.45) is 13.0 Å². The van der Waals surface area contributed by atoms with Crippen LogP contribution in [0.2, 0.25) is 0 Å². The first kappa shape index (κ1) is 24.4. The molecular weight excluding hydrogens is 466 g/mol. The molecule has 36 heavy (non-hydrogen) atoms. The Labute approximate surface area is 205 Å². The van der Waals surface area contributed by atoms with E-state index in [1.54, 1.807) is 15.4 Å². The van der Waals surface area contributed by atoms with Crippen LogP contribution in [0.15, 0.2) is 67.1 Å². The van der Waals surface area contributed by atoms with Crippen molar-refractivity contribution in [3.05, 3.63) is 78.5 Å². The molecule has 1 fully saturated rings. The summed E-state index contributed by atoms with van der Waals surface area (Å²) in [6.45, 7) is 1.24. The summed E-state index contributed by atoms with van der Waals surface area (Å²) in [5, 5.41) is 27.7. The fourth-order valence-corrected chi connectivity index (χ4v) is 3.55. The van der Waals surface area contributed by atoms with Gasteiger partial charge in [-0.3, -0.25) is 9.67 Å². The second kappa shape index (κ2) is 11.1. The third kappa shape index (κ3) is 6.65. The molecule has 0 aromatic carbocycles. The molecule has 4 heterocycles. The molecule has 0 amide bonds. The molecule has 3 N–H and O–H groups in total. The van der Waals surface area contributed by atoms with E-state index in [2.05, 4.69) is 31.5 Å². The molecule has 0 aliphatic heterocycles. The Morgan fingerprint density at radius 1 is 1.17 bits per heavy atom. The number of aryl methyl sites for hydroxylation is 1. The highest BCUT2D eigenvalue weighted by atomic mass is 16.5. The van der Waals surface area contributed by atoms with Gasteiger partial charge >= 0.3 is 11.9 Å². The maximum atomic E-state index is 9.55. The van der Waals surface area contributed by atoms with Gasteiger partial charge in [0, 0.05) is 61.3 Å². The normalized spacial score (nSPS) is 16.4. The molecule has 1 aliphatic rings. The number of ether oxygens (including phenoxy) is 1. The lowest BCUT2D eigenvalue weighted by molar-refractivity contribution is -0.134. The molecule has 12 nitrogen and oxygen atoms in total. The number of aromatic nitrogens is 6. The van der Waals surface area contributed by atoms with E-state index in [1.807, 2.05) is 49.8 Å². The average Bonchev–Trinajstić information content (AvgIpc) is 3.26. The summed E-state index contributed by atoms with van der Waals surface area (Å²) in [4.78, 5) is 28.1. The molecular formula is C24H25N7O5. The molecule has 186 valence electrons. The third-order valence-corrected chi connectivity index (χ3v) is 5.36. The van der Waals surface area contributed by atoms with Crippen LogP contribution in [-0.4, -0.2) is 58.1 Å². The molecule has 1 aliphatic carbocycles. The highest BCUT2D eigenvalue weighted by Gasteiger charge is 2.39. The topological polar surface area (TPSA) is 157 Å². The van der Waals surface area contributed by atoms with E-state index in [-0.39, 0.29) is 0 Å². The Balaban J connectivity index is 0.000000331. The zero-order valence-electron chi connectivity index (χ0n) is 19.4. The number of rotatable bonds is 9. The monoisotopic (exact) mass is 491 g/mol. The summed E-state index contributed by atoms with van der Waals surface area (Å²) in [7, 11) is 1.91. The molecule has 1 saturated carbocycles. The van der Waals surface area contributed by atoms with E-state index in [0.717, 1.165) is 29.3 Å². The Bertz CT molecular complexity index is 1350. The summed E-state index contributed by atoms with van der Waals surface area (Å²) in [5.74, 6) is -0.111. The molecule has 0 bridgehead atoms. The fourth-order valence-electron chi connectivity index (χ4n) is 3.55. The largest absolute Gasteiger partial charge is 0.478 e. The van der Waals surface area contributed by atoms with E-state index in [9.17, 15) is 9.59 Å². The predicted octanol–water partition coefficient (Wildman–Crippen LogP) is 2.36. The highest BCUT2D eigenvalue weighted by Crippen LogP contribution is 2.46. The van der Waals surface area contributed by atoms with Crippen molar-refractivity contribution in [3.63, 3.8) is 0 Å². The number of nitrogens with zero attached hydrogens (tertiary/aromatic N) is 6. The first-order valence-electron chi connectivity index (χ1n) is 11.1. The van der Waals surface area contributed by atoms with Gasteiger partial charge in [0.2, 0.25) is 5.88 Å². The number of carboxylic acid groups (broad SMARTS) is 2. The molecule has 12 heteroatoms. The Morgan fingerprint density at radius 2 is 1.97 bits per heavy atom. The lowest BCUT2D eigenvalue weighted by atomic mass is 10.2. The Kier molecular flexibility index (Phi) is 7.54. The van der Waals surface area contributed by atoms with Crippen molar-refractivity contribution < 1.29 is 24.5 Å². The molecule has 5 rings (SSSR count). The van der Waals surface area contributed by atoms with Crippen LogP contribution in [0, 0.1) is 5.92 Å². The lowest BCUT2D eigenvalue weighted by Gasteiger charge is -2.10. The van der Waals surface area contributed by atoms with Crippen molar-refractivity contribution in [3.8, 4) is 5.88 Å². The lowest BCUT2D eigenvalue weighted by Crippen LogP contribution is -2.09. The van der Waals surface area contributed by atoms with Crippen LogP contribution >= 0.6 is 0 Å². The number of aliphatic carboxylic acids is 2. The van der Waals surface area contributed by atoms with Gasteiger partial charge in [-0.1, -0.05) is 6.07 Å². The van der Waals surface area contributed by atoms with Crippen molar-refractivity contribution in [2.75, 3.05) is 11.9 Å². The van der Waals surface area contributed by atoms with E-state index in [1.165, 1.54) is 0 Å². The van der Waals surface area contributed by atoms with Gasteiger partial charge in [0.25, 0.3) is 0 Å². The number of pyridine rings is 1. The minimum atomic E-state index is -1.26. The van der Waals surface area contributed by atoms with Gasteiger partial charge in [-0.15, -0.1) is 0 Å². The number of carboxylic acids is 2. The number of fused-ring (bicyclic) bond motifs is 1. The molecule has 0 unspecified atom stereocenters. The van der Waals surface area contributed by atoms with Gasteiger partial charge in [-0.25, -0.2) is 9.59 Å². The van der Waals surface area contributed by atoms with Gasteiger partial charge in [-0.2, -0.15) is 19.7 Å². The number of nitrogens with one attached hydrogen (secondary N) is 1. The summed E-state index contributed by atoms with van der Waals surface area (Å²) in [6.07, 6.45) is 7.73. The highest BCUT2D eigenvalue weighted by molar-refractivity contribution is 5.89. The molecule has 0 spiro atoms. The molecule has 2 atom stereocenters. The van der Waals surface area contributed by atoms with E-state index >= 15 is 0 Å². The van der Waals surface area contributed by atoms with Crippen LogP contribution in [0.4, 0.5) is 5.82 Å². The number of hydrogen-bond acceptors (Lipinski definition) is 8. The zero-order chi connectivity index (χ0) is 25.5. The second-order valence-electron chi connectivity index (χ2n) is 8.09. The van der Waals surface area contributed by atoms with Crippen LogP contribution in [0.25, 0.3) is 5.65 Å². The van der Waals surface area contributed by atoms with Crippen molar-refractivity contribution >= 4 is 23.4 Å². The number of anilines is 1. The Hall–Kier alpha value is -4.74. The first-order valence-corrected chi connectivity index (χ1v) is 11.1. The van der Waals surface area contributed by atoms with Crippen molar-refractivity contribution in [1.82, 2.24) is 29.4 Å². The minimum Gasteiger partial charge on any atom is -0.478 e. The summed E-state index contributed by atoms with van der Waals surface area (Å²) < 4.78 is 9.57. The van der Waals surface area contributed by atoms with E-state index < -0.39 is 11.9 Å². The SMILES string of the molecule is Cn1ccc(CNc2cc(OC[C@H]3C[C@@H]3c3ccccn3)nc3ccnn23)n1.O=C(O)/C=C/C(=O)O. The van der Waals surface area contributed by atoms with Gasteiger partial charge in [0.1, 0.15) is 5.82 Å². The van der Waals surface area contributed by atoms with Gasteiger partial charge < -0.3 is 20.3 Å². The smallest absolute Gasteiger partial charge is 0.328 e. The maximum absolute atomic E-state index is 9.55. The van der Waals surface area contributed by atoms with Crippen LogP contribution in [0.3, 0.4) is 0 Å². The van der Waals surface area contributed by atoms with Gasteiger partial charge in [0.15, 0.2) is 5.65 Å². The number of carbonyl (C=O) groups is 2. The van der Waals surface area contributed by atoms with Crippen LogP contribution in [-0.2, 0) is 23.2 Å². The van der Waals surface area contributed by atoms with E-state index in [4.69, 9.17) is 14.9 Å². The van der Waals surface area contributed by atoms with Crippen molar-refractivity contribution in [1.29, 1.82) is 0 Å². The molecule has 4 aromatic heterocycles. The molecule has 0 saturated heterocycles. The maximum Gasteiger partial charge on any atom is 0.328 e. The third-order valence-electron chi connectivity index (χ3n) is 5.36. The van der Waals surface area contributed by atoms with Gasteiger partial charge in [0.05, 0.1) is 25.0 Å². The molecule has 0 radical (unpaired) electrons. The van der Waals surface area contributed by atoms with Crippen molar-refractivity contribution in [2.45, 2.75) is 18.9 Å². The minimum absolute atomic E-state index is 0.488. The van der Waals surface area contributed by atoms with Crippen LogP contribution < -0.4 is 10.1 Å². The first-order chi connectivity index (χ1) is 17.4. The summed E-state index contributed by atoms with van der Waals surface area (Å²) in [6, 6.07) is 11.8. The van der Waals surface area contributed by atoms with Crippen LogP contribution in [0.1, 0.15) is 23.7 Å². The number of hydrogen-bond donors (Lipinski definition) is 3. The quantitative estimate of drug-likeness (QED) is 0.297. The van der Waals surface area contributed by atoms with Crippen LogP contribution in [0.5, 0.6) is 5.88 Å². The van der Waals surface area contributed by atoms with Gasteiger partial charge in [-0.05, 0) is 24.6 Å². The summed E-state index contributed by atoms with van der Waals surface area (Å²) in [5.41, 5.74) is 2.85. The zero-order valence-corrected chi connectivity index (χ0v) is 19.4. The summed E-state index contributed by atoms with van der Waals surface area (Å²) >= 11 is 0.